The molecule has 0 saturated heterocycles. The first-order valence-corrected chi connectivity index (χ1v) is 9.80. The Morgan fingerprint density at radius 3 is 2.69 bits per heavy atom. The smallest absolute Gasteiger partial charge is 0.350 e. The summed E-state index contributed by atoms with van der Waals surface area (Å²) >= 11 is 7.58. The highest BCUT2D eigenvalue weighted by atomic mass is 35.5. The van der Waals surface area contributed by atoms with E-state index in [1.807, 2.05) is 24.3 Å². The van der Waals surface area contributed by atoms with Gasteiger partial charge in [0, 0.05) is 45.8 Å². The number of thiophene rings is 1. The summed E-state index contributed by atoms with van der Waals surface area (Å²) in [5, 5.41) is 4.38. The van der Waals surface area contributed by atoms with Crippen molar-refractivity contribution in [1.82, 2.24) is 0 Å². The molecule has 1 N–H and O–H groups in total. The van der Waals surface area contributed by atoms with Gasteiger partial charge in [0.05, 0.1) is 5.02 Å². The molecule has 4 aromatic rings. The Balaban J connectivity index is 1.61. The molecule has 0 unspecified atom stereocenters. The number of hydrogen-bond acceptors (Lipinski definition) is 6. The predicted molar refractivity (Wildman–Crippen MR) is 113 cm³/mol. The Morgan fingerprint density at radius 2 is 1.93 bits per heavy atom. The van der Waals surface area contributed by atoms with E-state index in [4.69, 9.17) is 20.8 Å². The lowest BCUT2D eigenvalue weighted by molar-refractivity contribution is -0.114. The van der Waals surface area contributed by atoms with Gasteiger partial charge in [-0.2, -0.15) is 0 Å². The minimum atomic E-state index is -0.580. The van der Waals surface area contributed by atoms with Gasteiger partial charge in [0.2, 0.25) is 5.91 Å². The summed E-state index contributed by atoms with van der Waals surface area (Å²) in [5.41, 5.74) is 0.702. The summed E-state index contributed by atoms with van der Waals surface area (Å²) in [5.74, 6) is -0.801. The second-order valence-electron chi connectivity index (χ2n) is 6.30. The molecule has 0 aliphatic carbocycles. The van der Waals surface area contributed by atoms with Crippen LogP contribution >= 0.6 is 22.9 Å². The number of benzene rings is 2. The SMILES string of the molecule is CC(=O)Nc1ccc2c(COC(=O)c3sc4ccccc4c3Cl)cc(=O)oc2c1. The van der Waals surface area contributed by atoms with Crippen molar-refractivity contribution >= 4 is 61.6 Å². The fourth-order valence-corrected chi connectivity index (χ4v) is 4.39. The Bertz CT molecular complexity index is 1320. The average Bonchev–Trinajstić information content (AvgIpc) is 3.02. The summed E-state index contributed by atoms with van der Waals surface area (Å²) in [6, 6.07) is 13.6. The van der Waals surface area contributed by atoms with Gasteiger partial charge in [0.1, 0.15) is 17.1 Å². The van der Waals surface area contributed by atoms with Crippen LogP contribution in [0.25, 0.3) is 21.1 Å². The number of carbonyl (C=O) groups excluding carboxylic acids is 2. The van der Waals surface area contributed by atoms with E-state index in [-0.39, 0.29) is 18.1 Å². The summed E-state index contributed by atoms with van der Waals surface area (Å²) in [6.45, 7) is 1.26. The zero-order chi connectivity index (χ0) is 20.5. The second-order valence-corrected chi connectivity index (χ2v) is 7.73. The first kappa shape index (κ1) is 19.2. The number of fused-ring (bicyclic) bond motifs is 2. The lowest BCUT2D eigenvalue weighted by Gasteiger charge is -2.08. The van der Waals surface area contributed by atoms with Crippen molar-refractivity contribution < 1.29 is 18.7 Å². The molecule has 0 spiro atoms. The van der Waals surface area contributed by atoms with Crippen molar-refractivity contribution in [3.63, 3.8) is 0 Å². The van der Waals surface area contributed by atoms with Crippen LogP contribution in [0, 0.1) is 0 Å². The number of esters is 1. The molecule has 2 aromatic heterocycles. The standard InChI is InChI=1S/C21H14ClNO5S/c1-11(24)23-13-6-7-14-12(8-18(25)28-16(14)9-13)10-27-21(26)20-19(22)15-4-2-3-5-17(15)29-20/h2-9H,10H2,1H3,(H,23,24). The minimum absolute atomic E-state index is 0.120. The molecule has 146 valence electrons. The maximum atomic E-state index is 12.6. The predicted octanol–water partition coefficient (Wildman–Crippen LogP) is 4.98. The molecule has 0 aliphatic rings. The molecular weight excluding hydrogens is 414 g/mol. The maximum absolute atomic E-state index is 12.6. The fourth-order valence-electron chi connectivity index (χ4n) is 2.98. The number of anilines is 1. The molecule has 0 fully saturated rings. The summed E-state index contributed by atoms with van der Waals surface area (Å²) in [7, 11) is 0. The quantitative estimate of drug-likeness (QED) is 0.367. The van der Waals surface area contributed by atoms with Gasteiger partial charge in [-0.1, -0.05) is 29.8 Å². The third-order valence-electron chi connectivity index (χ3n) is 4.23. The highest BCUT2D eigenvalue weighted by Gasteiger charge is 2.19. The molecule has 4 rings (SSSR count). The van der Waals surface area contributed by atoms with Gasteiger partial charge in [0.25, 0.3) is 0 Å². The highest BCUT2D eigenvalue weighted by Crippen LogP contribution is 2.35. The fraction of sp³-hybridized carbons (Fsp3) is 0.0952. The van der Waals surface area contributed by atoms with Gasteiger partial charge in [-0.15, -0.1) is 11.3 Å². The monoisotopic (exact) mass is 427 g/mol. The van der Waals surface area contributed by atoms with Crippen LogP contribution in [0.1, 0.15) is 22.2 Å². The van der Waals surface area contributed by atoms with Gasteiger partial charge >= 0.3 is 11.6 Å². The summed E-state index contributed by atoms with van der Waals surface area (Å²) in [4.78, 5) is 36.0. The Hall–Kier alpha value is -3.16. The van der Waals surface area contributed by atoms with Crippen LogP contribution in [-0.2, 0) is 16.1 Å². The van der Waals surface area contributed by atoms with E-state index in [0.29, 0.717) is 26.5 Å². The summed E-state index contributed by atoms with van der Waals surface area (Å²) < 4.78 is 11.5. The molecule has 29 heavy (non-hydrogen) atoms. The van der Waals surface area contributed by atoms with Crippen LogP contribution in [0.3, 0.4) is 0 Å². The highest BCUT2D eigenvalue weighted by molar-refractivity contribution is 7.21. The van der Waals surface area contributed by atoms with Gasteiger partial charge in [-0.25, -0.2) is 9.59 Å². The normalized spacial score (nSPS) is 11.0. The first-order chi connectivity index (χ1) is 13.9. The maximum Gasteiger partial charge on any atom is 0.350 e. The zero-order valence-corrected chi connectivity index (χ0v) is 16.7. The third-order valence-corrected chi connectivity index (χ3v) is 5.89. The number of halogens is 1. The largest absolute Gasteiger partial charge is 0.457 e. The summed E-state index contributed by atoms with van der Waals surface area (Å²) in [6.07, 6.45) is 0. The topological polar surface area (TPSA) is 85.6 Å². The van der Waals surface area contributed by atoms with Crippen molar-refractivity contribution in [2.45, 2.75) is 13.5 Å². The van der Waals surface area contributed by atoms with Crippen LogP contribution in [-0.4, -0.2) is 11.9 Å². The van der Waals surface area contributed by atoms with Crippen LogP contribution in [0.4, 0.5) is 5.69 Å². The van der Waals surface area contributed by atoms with Crippen LogP contribution < -0.4 is 10.9 Å². The van der Waals surface area contributed by atoms with E-state index in [9.17, 15) is 14.4 Å². The van der Waals surface area contributed by atoms with E-state index in [2.05, 4.69) is 5.32 Å². The Kier molecular flexibility index (Phi) is 5.08. The van der Waals surface area contributed by atoms with Gasteiger partial charge in [0.15, 0.2) is 0 Å². The first-order valence-electron chi connectivity index (χ1n) is 8.61. The molecule has 0 bridgehead atoms. The number of carbonyl (C=O) groups is 2. The molecular formula is C21H14ClNO5S. The van der Waals surface area contributed by atoms with E-state index in [0.717, 1.165) is 10.1 Å². The lowest BCUT2D eigenvalue weighted by Crippen LogP contribution is -2.08. The number of rotatable bonds is 4. The second kappa shape index (κ2) is 7.69. The number of amides is 1. The minimum Gasteiger partial charge on any atom is -0.457 e. The molecule has 8 heteroatoms. The molecule has 2 heterocycles. The van der Waals surface area contributed by atoms with Crippen molar-refractivity contribution in [3.05, 3.63) is 74.4 Å². The lowest BCUT2D eigenvalue weighted by atomic mass is 10.1. The number of hydrogen-bond donors (Lipinski definition) is 1. The molecule has 6 nitrogen and oxygen atoms in total. The Morgan fingerprint density at radius 1 is 1.14 bits per heavy atom. The van der Waals surface area contributed by atoms with Crippen LogP contribution in [0.2, 0.25) is 5.02 Å². The molecule has 2 aromatic carbocycles. The van der Waals surface area contributed by atoms with Gasteiger partial charge in [-0.05, 0) is 18.2 Å². The van der Waals surface area contributed by atoms with Gasteiger partial charge in [-0.3, -0.25) is 4.79 Å². The molecule has 0 atom stereocenters. The molecule has 0 aliphatic heterocycles. The van der Waals surface area contributed by atoms with Crippen LogP contribution in [0.5, 0.6) is 0 Å². The van der Waals surface area contributed by atoms with E-state index in [1.165, 1.54) is 24.3 Å². The van der Waals surface area contributed by atoms with Crippen molar-refractivity contribution in [2.75, 3.05) is 5.32 Å². The van der Waals surface area contributed by atoms with E-state index < -0.39 is 11.6 Å². The average molecular weight is 428 g/mol. The van der Waals surface area contributed by atoms with Gasteiger partial charge < -0.3 is 14.5 Å². The molecule has 0 radical (unpaired) electrons. The van der Waals surface area contributed by atoms with E-state index in [1.54, 1.807) is 18.2 Å². The Labute approximate surface area is 173 Å². The number of nitrogens with one attached hydrogen (secondary N) is 1. The zero-order valence-electron chi connectivity index (χ0n) is 15.2. The number of ether oxygens (including phenoxy) is 1. The van der Waals surface area contributed by atoms with Crippen molar-refractivity contribution in [1.29, 1.82) is 0 Å². The van der Waals surface area contributed by atoms with Crippen molar-refractivity contribution in [2.24, 2.45) is 0 Å². The van der Waals surface area contributed by atoms with Crippen LogP contribution in [0.15, 0.2) is 57.7 Å². The molecule has 0 saturated carbocycles. The van der Waals surface area contributed by atoms with Crippen molar-refractivity contribution in [3.8, 4) is 0 Å². The third kappa shape index (κ3) is 3.87. The van der Waals surface area contributed by atoms with E-state index >= 15 is 0 Å². The molecule has 1 amide bonds.